The van der Waals surface area contributed by atoms with Gasteiger partial charge in [-0.3, -0.25) is 4.68 Å². The van der Waals surface area contributed by atoms with Crippen molar-refractivity contribution in [1.29, 1.82) is 0 Å². The maximum absolute atomic E-state index is 5.48. The fraction of sp³-hybridized carbons (Fsp3) is 0.786. The molecule has 1 N–H and O–H groups in total. The van der Waals surface area contributed by atoms with Crippen LogP contribution < -0.4 is 10.1 Å². The van der Waals surface area contributed by atoms with Gasteiger partial charge in [0.25, 0.3) is 0 Å². The summed E-state index contributed by atoms with van der Waals surface area (Å²) in [5.74, 6) is 0.865. The molecule has 1 rings (SSSR count). The summed E-state index contributed by atoms with van der Waals surface area (Å²) < 4.78 is 7.53. The lowest BCUT2D eigenvalue weighted by atomic mass is 9.84. The summed E-state index contributed by atoms with van der Waals surface area (Å²) in [6.07, 6.45) is 1.81. The molecule has 0 spiro atoms. The van der Waals surface area contributed by atoms with Gasteiger partial charge in [0.1, 0.15) is 0 Å². The third kappa shape index (κ3) is 3.05. The smallest absolute Gasteiger partial charge is 0.161 e. The van der Waals surface area contributed by atoms with E-state index < -0.39 is 0 Å². The van der Waals surface area contributed by atoms with Crippen molar-refractivity contribution in [2.24, 2.45) is 5.41 Å². The number of ether oxygens (including phenoxy) is 1. The van der Waals surface area contributed by atoms with Gasteiger partial charge in [-0.05, 0) is 25.8 Å². The van der Waals surface area contributed by atoms with E-state index >= 15 is 0 Å². The first-order chi connectivity index (χ1) is 8.32. The molecule has 1 unspecified atom stereocenters. The largest absolute Gasteiger partial charge is 0.493 e. The molecule has 0 aliphatic heterocycles. The van der Waals surface area contributed by atoms with E-state index in [-0.39, 0.29) is 11.5 Å². The molecule has 1 heterocycles. The normalized spacial score (nSPS) is 14.0. The molecule has 0 aromatic carbocycles. The van der Waals surface area contributed by atoms with Crippen molar-refractivity contribution in [3.05, 3.63) is 11.9 Å². The Morgan fingerprint density at radius 2 is 2.00 bits per heavy atom. The summed E-state index contributed by atoms with van der Waals surface area (Å²) in [7, 11) is 1.71. The minimum absolute atomic E-state index is 0.107. The third-order valence-corrected chi connectivity index (χ3v) is 3.06. The standard InChI is InChI=1S/C14H27N3O/c1-8-15-13(14(4,5)6)12-11(18-7)9-16-17(12)10(2)3/h9-10,13,15H,8H2,1-7H3. The van der Waals surface area contributed by atoms with E-state index in [4.69, 9.17) is 4.74 Å². The number of methoxy groups -OCH3 is 1. The average Bonchev–Trinajstić information content (AvgIpc) is 2.67. The van der Waals surface area contributed by atoms with Crippen LogP contribution in [0.3, 0.4) is 0 Å². The monoisotopic (exact) mass is 253 g/mol. The van der Waals surface area contributed by atoms with Crippen LogP contribution in [0.2, 0.25) is 0 Å². The Kier molecular flexibility index (Phi) is 4.79. The van der Waals surface area contributed by atoms with E-state index in [0.29, 0.717) is 6.04 Å². The first-order valence-corrected chi connectivity index (χ1v) is 6.67. The van der Waals surface area contributed by atoms with E-state index in [2.05, 4.69) is 56.6 Å². The number of aromatic nitrogens is 2. The molecule has 1 aromatic rings. The molecule has 1 aromatic heterocycles. The quantitative estimate of drug-likeness (QED) is 0.876. The van der Waals surface area contributed by atoms with Crippen molar-refractivity contribution in [2.75, 3.05) is 13.7 Å². The van der Waals surface area contributed by atoms with Crippen molar-refractivity contribution < 1.29 is 4.74 Å². The van der Waals surface area contributed by atoms with Crippen LogP contribution in [0, 0.1) is 5.41 Å². The van der Waals surface area contributed by atoms with Crippen molar-refractivity contribution in [1.82, 2.24) is 15.1 Å². The molecule has 104 valence electrons. The topological polar surface area (TPSA) is 39.1 Å². The van der Waals surface area contributed by atoms with Crippen molar-refractivity contribution in [3.63, 3.8) is 0 Å². The molecule has 0 radical (unpaired) electrons. The van der Waals surface area contributed by atoms with Gasteiger partial charge in [-0.2, -0.15) is 5.10 Å². The van der Waals surface area contributed by atoms with E-state index in [9.17, 15) is 0 Å². The molecular weight excluding hydrogens is 226 g/mol. The lowest BCUT2D eigenvalue weighted by Gasteiger charge is -2.33. The van der Waals surface area contributed by atoms with E-state index in [0.717, 1.165) is 18.0 Å². The lowest BCUT2D eigenvalue weighted by Crippen LogP contribution is -2.34. The van der Waals surface area contributed by atoms with Crippen molar-refractivity contribution in [3.8, 4) is 5.75 Å². The Bertz CT molecular complexity index is 377. The molecule has 4 heteroatoms. The molecule has 0 saturated carbocycles. The zero-order chi connectivity index (χ0) is 13.9. The first-order valence-electron chi connectivity index (χ1n) is 6.67. The highest BCUT2D eigenvalue weighted by molar-refractivity contribution is 5.30. The Balaban J connectivity index is 3.29. The molecule has 4 nitrogen and oxygen atoms in total. The Labute approximate surface area is 111 Å². The van der Waals surface area contributed by atoms with Gasteiger partial charge < -0.3 is 10.1 Å². The summed E-state index contributed by atoms with van der Waals surface area (Å²) >= 11 is 0. The molecule has 0 aliphatic rings. The lowest BCUT2D eigenvalue weighted by molar-refractivity contribution is 0.250. The van der Waals surface area contributed by atoms with Gasteiger partial charge in [0.2, 0.25) is 0 Å². The molecule has 0 bridgehead atoms. The third-order valence-electron chi connectivity index (χ3n) is 3.06. The molecule has 0 amide bonds. The molecule has 0 fully saturated rings. The van der Waals surface area contributed by atoms with E-state index in [1.807, 2.05) is 6.20 Å². The predicted molar refractivity (Wildman–Crippen MR) is 75.0 cm³/mol. The number of nitrogens with zero attached hydrogens (tertiary/aromatic N) is 2. The van der Waals surface area contributed by atoms with Crippen LogP contribution in [-0.2, 0) is 0 Å². The Morgan fingerprint density at radius 1 is 1.39 bits per heavy atom. The van der Waals surface area contributed by atoms with Gasteiger partial charge >= 0.3 is 0 Å². The molecule has 1 atom stereocenters. The van der Waals surface area contributed by atoms with Crippen LogP contribution >= 0.6 is 0 Å². The first kappa shape index (κ1) is 15.0. The van der Waals surface area contributed by atoms with Gasteiger partial charge in [0, 0.05) is 6.04 Å². The predicted octanol–water partition coefficient (Wildman–Crippen LogP) is 3.17. The number of hydrogen-bond acceptors (Lipinski definition) is 3. The second-order valence-electron chi connectivity index (χ2n) is 5.99. The molecule has 0 aliphatic carbocycles. The van der Waals surface area contributed by atoms with Gasteiger partial charge in [-0.1, -0.05) is 27.7 Å². The van der Waals surface area contributed by atoms with Gasteiger partial charge in [-0.25, -0.2) is 0 Å². The Hall–Kier alpha value is -1.03. The molecule has 18 heavy (non-hydrogen) atoms. The maximum atomic E-state index is 5.48. The number of hydrogen-bond donors (Lipinski definition) is 1. The minimum Gasteiger partial charge on any atom is -0.493 e. The van der Waals surface area contributed by atoms with Crippen LogP contribution in [0.25, 0.3) is 0 Å². The maximum Gasteiger partial charge on any atom is 0.161 e. The van der Waals surface area contributed by atoms with Crippen LogP contribution in [-0.4, -0.2) is 23.4 Å². The minimum atomic E-state index is 0.107. The fourth-order valence-electron chi connectivity index (χ4n) is 2.22. The number of nitrogens with one attached hydrogen (secondary N) is 1. The zero-order valence-corrected chi connectivity index (χ0v) is 12.7. The highest BCUT2D eigenvalue weighted by atomic mass is 16.5. The van der Waals surface area contributed by atoms with Crippen LogP contribution in [0.5, 0.6) is 5.75 Å². The SMILES string of the molecule is CCNC(c1c(OC)cnn1C(C)C)C(C)(C)C. The fourth-order valence-corrected chi connectivity index (χ4v) is 2.22. The second-order valence-corrected chi connectivity index (χ2v) is 5.99. The van der Waals surface area contributed by atoms with Gasteiger partial charge in [0.05, 0.1) is 25.0 Å². The zero-order valence-electron chi connectivity index (χ0n) is 12.7. The Morgan fingerprint density at radius 3 is 2.39 bits per heavy atom. The van der Waals surface area contributed by atoms with E-state index in [1.54, 1.807) is 7.11 Å². The highest BCUT2D eigenvalue weighted by Gasteiger charge is 2.32. The molecular formula is C14H27N3O. The summed E-state index contributed by atoms with van der Waals surface area (Å²) in [5, 5.41) is 8.01. The summed E-state index contributed by atoms with van der Waals surface area (Å²) in [6.45, 7) is 14.0. The van der Waals surface area contributed by atoms with Gasteiger partial charge in [0.15, 0.2) is 5.75 Å². The van der Waals surface area contributed by atoms with E-state index in [1.165, 1.54) is 0 Å². The van der Waals surface area contributed by atoms with Crippen molar-refractivity contribution in [2.45, 2.75) is 53.6 Å². The molecule has 0 saturated heterocycles. The van der Waals surface area contributed by atoms with Gasteiger partial charge in [-0.15, -0.1) is 0 Å². The summed E-state index contributed by atoms with van der Waals surface area (Å²) in [4.78, 5) is 0. The van der Waals surface area contributed by atoms with Crippen LogP contribution in [0.15, 0.2) is 6.20 Å². The number of rotatable bonds is 5. The summed E-state index contributed by atoms with van der Waals surface area (Å²) in [5.41, 5.74) is 1.25. The van der Waals surface area contributed by atoms with Crippen LogP contribution in [0.4, 0.5) is 0 Å². The highest BCUT2D eigenvalue weighted by Crippen LogP contribution is 2.38. The van der Waals surface area contributed by atoms with Crippen LogP contribution in [0.1, 0.15) is 59.3 Å². The second kappa shape index (κ2) is 5.74. The summed E-state index contributed by atoms with van der Waals surface area (Å²) in [6, 6.07) is 0.551. The van der Waals surface area contributed by atoms with Crippen molar-refractivity contribution >= 4 is 0 Å². The average molecular weight is 253 g/mol.